The lowest BCUT2D eigenvalue weighted by Crippen LogP contribution is -2.32. The molecule has 0 aliphatic heterocycles. The second-order valence-electron chi connectivity index (χ2n) is 6.57. The van der Waals surface area contributed by atoms with E-state index in [0.717, 1.165) is 22.1 Å². The summed E-state index contributed by atoms with van der Waals surface area (Å²) in [7, 11) is 3.46. The summed E-state index contributed by atoms with van der Waals surface area (Å²) < 4.78 is 5.42. The Morgan fingerprint density at radius 1 is 1.24 bits per heavy atom. The quantitative estimate of drug-likeness (QED) is 0.873. The van der Waals surface area contributed by atoms with Crippen LogP contribution in [0.4, 0.5) is 0 Å². The first kappa shape index (κ1) is 19.5. The Morgan fingerprint density at radius 3 is 2.52 bits per heavy atom. The molecule has 136 valence electrons. The van der Waals surface area contributed by atoms with Gasteiger partial charge in [0, 0.05) is 30.9 Å². The number of aliphatic hydroxyl groups excluding tert-OH is 1. The van der Waals surface area contributed by atoms with Crippen molar-refractivity contribution in [2.75, 3.05) is 14.2 Å². The number of fused-ring (bicyclic) bond motifs is 1. The van der Waals surface area contributed by atoms with E-state index in [9.17, 15) is 9.90 Å². The van der Waals surface area contributed by atoms with E-state index in [1.54, 1.807) is 19.1 Å². The predicted octanol–water partition coefficient (Wildman–Crippen LogP) is 2.33. The number of amides is 1. The molecule has 0 aromatic heterocycles. The monoisotopic (exact) mass is 364 g/mol. The standard InChI is InChI=1S/C19H24N2O3.ClH/c1-21(19(23)13-9-16(20)17(22)10-13)11-12-7-8-18(24-2)15-6-4-3-5-14(12)15;/h3-8,13,16-17,22H,9-11,20H2,1-2H3;1H/t13-,16+,17+;/m0./s1. The van der Waals surface area contributed by atoms with Crippen LogP contribution in [0, 0.1) is 5.92 Å². The Kier molecular flexibility index (Phi) is 6.27. The summed E-state index contributed by atoms with van der Waals surface area (Å²) in [6.45, 7) is 0.519. The largest absolute Gasteiger partial charge is 0.496 e. The highest BCUT2D eigenvalue weighted by Gasteiger charge is 2.36. The highest BCUT2D eigenvalue weighted by Crippen LogP contribution is 2.30. The van der Waals surface area contributed by atoms with E-state index >= 15 is 0 Å². The number of carbonyl (C=O) groups is 1. The molecule has 2 aromatic carbocycles. The molecule has 1 aliphatic rings. The third kappa shape index (κ3) is 3.89. The zero-order valence-corrected chi connectivity index (χ0v) is 15.3. The third-order valence-electron chi connectivity index (χ3n) is 4.90. The van der Waals surface area contributed by atoms with E-state index in [2.05, 4.69) is 0 Å². The highest BCUT2D eigenvalue weighted by molar-refractivity contribution is 5.91. The highest BCUT2D eigenvalue weighted by atomic mass is 35.5. The van der Waals surface area contributed by atoms with E-state index in [1.165, 1.54) is 0 Å². The van der Waals surface area contributed by atoms with Gasteiger partial charge in [-0.2, -0.15) is 0 Å². The van der Waals surface area contributed by atoms with Crippen LogP contribution < -0.4 is 10.5 Å². The number of ether oxygens (including phenoxy) is 1. The predicted molar refractivity (Wildman–Crippen MR) is 101 cm³/mol. The maximum Gasteiger partial charge on any atom is 0.225 e. The number of carbonyl (C=O) groups excluding carboxylic acids is 1. The molecule has 0 bridgehead atoms. The van der Waals surface area contributed by atoms with Crippen molar-refractivity contribution in [1.29, 1.82) is 0 Å². The molecule has 3 rings (SSSR count). The van der Waals surface area contributed by atoms with Crippen molar-refractivity contribution in [3.63, 3.8) is 0 Å². The van der Waals surface area contributed by atoms with Crippen LogP contribution in [0.5, 0.6) is 5.75 Å². The average molecular weight is 365 g/mol. The van der Waals surface area contributed by atoms with Crippen LogP contribution in [0.3, 0.4) is 0 Å². The van der Waals surface area contributed by atoms with Gasteiger partial charge in [0.15, 0.2) is 0 Å². The van der Waals surface area contributed by atoms with E-state index in [0.29, 0.717) is 19.4 Å². The molecule has 2 aromatic rings. The SMILES string of the molecule is COc1ccc(CN(C)C(=O)[C@H]2C[C@@H](N)[C@H](O)C2)c2ccccc12.Cl. The second-order valence-corrected chi connectivity index (χ2v) is 6.57. The van der Waals surface area contributed by atoms with Crippen molar-refractivity contribution in [1.82, 2.24) is 4.90 Å². The van der Waals surface area contributed by atoms with Gasteiger partial charge in [0.05, 0.1) is 13.2 Å². The number of benzene rings is 2. The number of nitrogens with zero attached hydrogens (tertiary/aromatic N) is 1. The topological polar surface area (TPSA) is 75.8 Å². The van der Waals surface area contributed by atoms with Crippen LogP contribution in [0.25, 0.3) is 10.8 Å². The van der Waals surface area contributed by atoms with E-state index < -0.39 is 6.10 Å². The van der Waals surface area contributed by atoms with Crippen molar-refractivity contribution in [2.45, 2.75) is 31.5 Å². The summed E-state index contributed by atoms with van der Waals surface area (Å²) in [5.74, 6) is 0.680. The van der Waals surface area contributed by atoms with Crippen LogP contribution in [-0.2, 0) is 11.3 Å². The normalized spacial score (nSPS) is 22.5. The summed E-state index contributed by atoms with van der Waals surface area (Å²) in [5.41, 5.74) is 6.91. The lowest BCUT2D eigenvalue weighted by atomic mass is 10.0. The molecule has 1 saturated carbocycles. The van der Waals surface area contributed by atoms with Crippen molar-refractivity contribution < 1.29 is 14.6 Å². The minimum Gasteiger partial charge on any atom is -0.496 e. The molecule has 3 N–H and O–H groups in total. The van der Waals surface area contributed by atoms with E-state index in [1.807, 2.05) is 36.4 Å². The number of nitrogens with two attached hydrogens (primary N) is 1. The molecular weight excluding hydrogens is 340 g/mol. The van der Waals surface area contributed by atoms with Gasteiger partial charge < -0.3 is 20.5 Å². The smallest absolute Gasteiger partial charge is 0.225 e. The maximum atomic E-state index is 12.6. The number of hydrogen-bond donors (Lipinski definition) is 2. The molecule has 3 atom stereocenters. The minimum absolute atomic E-state index is 0. The summed E-state index contributed by atoms with van der Waals surface area (Å²) in [5, 5.41) is 11.9. The number of halogens is 1. The first-order chi connectivity index (χ1) is 11.5. The third-order valence-corrected chi connectivity index (χ3v) is 4.90. The zero-order chi connectivity index (χ0) is 17.3. The van der Waals surface area contributed by atoms with Crippen LogP contribution in [-0.4, -0.2) is 42.2 Å². The molecule has 6 heteroatoms. The number of methoxy groups -OCH3 is 1. The summed E-state index contributed by atoms with van der Waals surface area (Å²) in [6, 6.07) is 11.7. The molecule has 25 heavy (non-hydrogen) atoms. The second kappa shape index (κ2) is 8.04. The van der Waals surface area contributed by atoms with Gasteiger partial charge in [0.2, 0.25) is 5.91 Å². The fraction of sp³-hybridized carbons (Fsp3) is 0.421. The Morgan fingerprint density at radius 2 is 1.92 bits per heavy atom. The van der Waals surface area contributed by atoms with Crippen LogP contribution in [0.1, 0.15) is 18.4 Å². The number of rotatable bonds is 4. The Bertz CT molecular complexity index is 743. The molecular formula is C19H25ClN2O3. The molecule has 5 nitrogen and oxygen atoms in total. The first-order valence-electron chi connectivity index (χ1n) is 8.24. The van der Waals surface area contributed by atoms with Gasteiger partial charge in [-0.15, -0.1) is 12.4 Å². The first-order valence-corrected chi connectivity index (χ1v) is 8.24. The Balaban J connectivity index is 0.00000225. The lowest BCUT2D eigenvalue weighted by Gasteiger charge is -2.22. The number of aliphatic hydroxyl groups is 1. The number of hydrogen-bond acceptors (Lipinski definition) is 4. The van der Waals surface area contributed by atoms with Crippen molar-refractivity contribution in [3.05, 3.63) is 42.0 Å². The molecule has 0 radical (unpaired) electrons. The summed E-state index contributed by atoms with van der Waals surface area (Å²) in [6.07, 6.45) is 0.427. The van der Waals surface area contributed by atoms with Crippen LogP contribution >= 0.6 is 12.4 Å². The molecule has 1 aliphatic carbocycles. The van der Waals surface area contributed by atoms with Gasteiger partial charge >= 0.3 is 0 Å². The molecule has 0 unspecified atom stereocenters. The Hall–Kier alpha value is -1.82. The van der Waals surface area contributed by atoms with E-state index in [-0.39, 0.29) is 30.3 Å². The molecule has 0 saturated heterocycles. The van der Waals surface area contributed by atoms with Gasteiger partial charge in [-0.1, -0.05) is 30.3 Å². The molecule has 1 amide bonds. The van der Waals surface area contributed by atoms with Gasteiger partial charge in [-0.05, 0) is 29.9 Å². The summed E-state index contributed by atoms with van der Waals surface area (Å²) in [4.78, 5) is 14.4. The van der Waals surface area contributed by atoms with Crippen molar-refractivity contribution in [3.8, 4) is 5.75 Å². The van der Waals surface area contributed by atoms with Crippen molar-refractivity contribution >= 4 is 29.1 Å². The summed E-state index contributed by atoms with van der Waals surface area (Å²) >= 11 is 0. The van der Waals surface area contributed by atoms with Crippen LogP contribution in [0.15, 0.2) is 36.4 Å². The average Bonchev–Trinajstić information content (AvgIpc) is 2.93. The molecule has 1 fully saturated rings. The van der Waals surface area contributed by atoms with Gasteiger partial charge in [0.25, 0.3) is 0 Å². The van der Waals surface area contributed by atoms with Gasteiger partial charge in [-0.3, -0.25) is 4.79 Å². The van der Waals surface area contributed by atoms with Gasteiger partial charge in [-0.25, -0.2) is 0 Å². The molecule has 0 heterocycles. The Labute approximate surface area is 154 Å². The molecule has 0 spiro atoms. The van der Waals surface area contributed by atoms with Gasteiger partial charge in [0.1, 0.15) is 5.75 Å². The van der Waals surface area contributed by atoms with Crippen LogP contribution in [0.2, 0.25) is 0 Å². The zero-order valence-electron chi connectivity index (χ0n) is 14.5. The van der Waals surface area contributed by atoms with E-state index in [4.69, 9.17) is 10.5 Å². The maximum absolute atomic E-state index is 12.6. The lowest BCUT2D eigenvalue weighted by molar-refractivity contribution is -0.134. The fourth-order valence-corrected chi connectivity index (χ4v) is 3.54. The van der Waals surface area contributed by atoms with Crippen molar-refractivity contribution in [2.24, 2.45) is 11.7 Å². The fourth-order valence-electron chi connectivity index (χ4n) is 3.54. The minimum atomic E-state index is -0.575.